The molecule has 0 aliphatic heterocycles. The van der Waals surface area contributed by atoms with Crippen LogP contribution in [0.25, 0.3) is 0 Å². The summed E-state index contributed by atoms with van der Waals surface area (Å²) in [5.74, 6) is 1.70. The average molecular weight is 279 g/mol. The van der Waals surface area contributed by atoms with Crippen LogP contribution < -0.4 is 10.1 Å². The number of ether oxygens (including phenoxy) is 1. The van der Waals surface area contributed by atoms with Gasteiger partial charge in [-0.2, -0.15) is 11.8 Å². The van der Waals surface area contributed by atoms with E-state index in [9.17, 15) is 0 Å². The third kappa shape index (κ3) is 3.67. The van der Waals surface area contributed by atoms with E-state index in [0.717, 1.165) is 12.3 Å². The van der Waals surface area contributed by atoms with E-state index in [1.54, 1.807) is 7.11 Å². The van der Waals surface area contributed by atoms with E-state index in [-0.39, 0.29) is 0 Å². The van der Waals surface area contributed by atoms with Crippen LogP contribution in [0, 0.1) is 0 Å². The lowest BCUT2D eigenvalue weighted by molar-refractivity contribution is 0.279. The highest BCUT2D eigenvalue weighted by molar-refractivity contribution is 7.99. The highest BCUT2D eigenvalue weighted by Crippen LogP contribution is 2.41. The van der Waals surface area contributed by atoms with Gasteiger partial charge < -0.3 is 10.1 Å². The maximum Gasteiger partial charge on any atom is 0.122 e. The Balaban J connectivity index is 1.83. The Labute approximate surface area is 121 Å². The van der Waals surface area contributed by atoms with Gasteiger partial charge in [0.15, 0.2) is 0 Å². The molecule has 0 atom stereocenters. The van der Waals surface area contributed by atoms with Crippen molar-refractivity contribution in [2.45, 2.75) is 43.4 Å². The SMILES string of the molecule is COc1ccccc1C1CC(NCC(C)(C)SC)C1. The molecule has 0 bridgehead atoms. The molecule has 0 spiro atoms. The smallest absolute Gasteiger partial charge is 0.122 e. The predicted octanol–water partition coefficient (Wildman–Crippen LogP) is 3.67. The third-order valence-corrected chi connectivity index (χ3v) is 5.34. The summed E-state index contributed by atoms with van der Waals surface area (Å²) in [5.41, 5.74) is 1.37. The van der Waals surface area contributed by atoms with E-state index in [0.29, 0.717) is 16.7 Å². The van der Waals surface area contributed by atoms with E-state index in [1.165, 1.54) is 18.4 Å². The topological polar surface area (TPSA) is 21.3 Å². The number of para-hydroxylation sites is 1. The summed E-state index contributed by atoms with van der Waals surface area (Å²) in [6, 6.07) is 9.08. The Morgan fingerprint density at radius 1 is 1.32 bits per heavy atom. The predicted molar refractivity (Wildman–Crippen MR) is 84.4 cm³/mol. The van der Waals surface area contributed by atoms with E-state index in [2.05, 4.69) is 43.6 Å². The second-order valence-corrected chi connectivity index (χ2v) is 7.47. The van der Waals surface area contributed by atoms with Crippen molar-refractivity contribution in [1.29, 1.82) is 0 Å². The van der Waals surface area contributed by atoms with Gasteiger partial charge in [-0.25, -0.2) is 0 Å². The van der Waals surface area contributed by atoms with Gasteiger partial charge in [0.25, 0.3) is 0 Å². The summed E-state index contributed by atoms with van der Waals surface area (Å²) < 4.78 is 5.77. The van der Waals surface area contributed by atoms with Gasteiger partial charge in [0, 0.05) is 17.3 Å². The van der Waals surface area contributed by atoms with Gasteiger partial charge in [-0.05, 0) is 50.5 Å². The fourth-order valence-corrected chi connectivity index (χ4v) is 2.73. The average Bonchev–Trinajstić information content (AvgIpc) is 2.37. The van der Waals surface area contributed by atoms with Crippen molar-refractivity contribution in [3.8, 4) is 5.75 Å². The van der Waals surface area contributed by atoms with Crippen LogP contribution in [-0.2, 0) is 0 Å². The molecule has 1 saturated carbocycles. The molecule has 1 aliphatic carbocycles. The molecule has 1 N–H and O–H groups in total. The fraction of sp³-hybridized carbons (Fsp3) is 0.625. The van der Waals surface area contributed by atoms with Gasteiger partial charge in [-0.15, -0.1) is 0 Å². The summed E-state index contributed by atoms with van der Waals surface area (Å²) in [7, 11) is 1.76. The van der Waals surface area contributed by atoms with Crippen LogP contribution in [0.3, 0.4) is 0 Å². The Hall–Kier alpha value is -0.670. The second kappa shape index (κ2) is 6.19. The molecule has 1 aromatic rings. The minimum absolute atomic E-state index is 0.329. The standard InChI is InChI=1S/C16H25NOS/c1-16(2,19-4)11-17-13-9-12(10-13)14-7-5-6-8-15(14)18-3/h5-8,12-13,17H,9-11H2,1-4H3. The second-order valence-electron chi connectivity index (χ2n) is 5.95. The molecule has 1 fully saturated rings. The largest absolute Gasteiger partial charge is 0.496 e. The zero-order chi connectivity index (χ0) is 13.9. The zero-order valence-corrected chi connectivity index (χ0v) is 13.2. The number of hydrogen-bond acceptors (Lipinski definition) is 3. The molecular weight excluding hydrogens is 254 g/mol. The van der Waals surface area contributed by atoms with E-state index >= 15 is 0 Å². The molecule has 19 heavy (non-hydrogen) atoms. The highest BCUT2D eigenvalue weighted by Gasteiger charge is 2.32. The quantitative estimate of drug-likeness (QED) is 0.858. The number of thioether (sulfide) groups is 1. The first kappa shape index (κ1) is 14.7. The molecule has 3 heteroatoms. The number of rotatable bonds is 6. The Bertz CT molecular complexity index is 413. The lowest BCUT2D eigenvalue weighted by atomic mass is 9.75. The van der Waals surface area contributed by atoms with Crippen molar-refractivity contribution in [3.63, 3.8) is 0 Å². The number of benzene rings is 1. The Morgan fingerprint density at radius 2 is 2.00 bits per heavy atom. The van der Waals surface area contributed by atoms with Crippen LogP contribution in [0.5, 0.6) is 5.75 Å². The molecule has 0 radical (unpaired) electrons. The molecule has 0 heterocycles. The summed E-state index contributed by atoms with van der Waals surface area (Å²) >= 11 is 1.92. The van der Waals surface area contributed by atoms with Gasteiger partial charge in [-0.3, -0.25) is 0 Å². The van der Waals surface area contributed by atoms with E-state index in [4.69, 9.17) is 4.74 Å². The molecule has 2 rings (SSSR count). The summed E-state index contributed by atoms with van der Waals surface area (Å²) in [6.07, 6.45) is 4.63. The molecule has 0 aromatic heterocycles. The normalized spacial score (nSPS) is 22.9. The molecule has 0 saturated heterocycles. The first-order chi connectivity index (χ1) is 9.05. The van der Waals surface area contributed by atoms with Crippen molar-refractivity contribution in [3.05, 3.63) is 29.8 Å². The van der Waals surface area contributed by atoms with Gasteiger partial charge in [-0.1, -0.05) is 18.2 Å². The lowest BCUT2D eigenvalue weighted by Gasteiger charge is -2.38. The Kier molecular flexibility index (Phi) is 4.80. The van der Waals surface area contributed by atoms with Gasteiger partial charge in [0.1, 0.15) is 5.75 Å². The van der Waals surface area contributed by atoms with Crippen molar-refractivity contribution >= 4 is 11.8 Å². The van der Waals surface area contributed by atoms with Crippen molar-refractivity contribution in [1.82, 2.24) is 5.32 Å². The first-order valence-corrected chi connectivity index (χ1v) is 8.19. The highest BCUT2D eigenvalue weighted by atomic mass is 32.2. The van der Waals surface area contributed by atoms with Crippen molar-refractivity contribution in [2.24, 2.45) is 0 Å². The van der Waals surface area contributed by atoms with Crippen LogP contribution >= 0.6 is 11.8 Å². The van der Waals surface area contributed by atoms with Gasteiger partial charge in [0.2, 0.25) is 0 Å². The molecule has 106 valence electrons. The van der Waals surface area contributed by atoms with Crippen LogP contribution in [0.2, 0.25) is 0 Å². The summed E-state index contributed by atoms with van der Waals surface area (Å²) in [5, 5.41) is 3.69. The maximum atomic E-state index is 5.45. The lowest BCUT2D eigenvalue weighted by Crippen LogP contribution is -2.45. The number of methoxy groups -OCH3 is 1. The van der Waals surface area contributed by atoms with Crippen LogP contribution in [0.15, 0.2) is 24.3 Å². The van der Waals surface area contributed by atoms with E-state index in [1.807, 2.05) is 17.8 Å². The fourth-order valence-electron chi connectivity index (χ4n) is 2.50. The monoisotopic (exact) mass is 279 g/mol. The molecule has 0 unspecified atom stereocenters. The molecule has 2 nitrogen and oxygen atoms in total. The van der Waals surface area contributed by atoms with Crippen LogP contribution in [0.4, 0.5) is 0 Å². The minimum Gasteiger partial charge on any atom is -0.496 e. The molecule has 1 aromatic carbocycles. The van der Waals surface area contributed by atoms with Gasteiger partial charge >= 0.3 is 0 Å². The maximum absolute atomic E-state index is 5.45. The minimum atomic E-state index is 0.329. The first-order valence-electron chi connectivity index (χ1n) is 6.97. The molecule has 1 aliphatic rings. The van der Waals surface area contributed by atoms with Crippen LogP contribution in [-0.4, -0.2) is 30.7 Å². The van der Waals surface area contributed by atoms with E-state index < -0.39 is 0 Å². The summed E-state index contributed by atoms with van der Waals surface area (Å²) in [4.78, 5) is 0. The third-order valence-electron chi connectivity index (χ3n) is 4.09. The number of hydrogen-bond donors (Lipinski definition) is 1. The molecule has 0 amide bonds. The summed E-state index contributed by atoms with van der Waals surface area (Å²) in [6.45, 7) is 5.67. The Morgan fingerprint density at radius 3 is 2.63 bits per heavy atom. The van der Waals surface area contributed by atoms with Crippen molar-refractivity contribution < 1.29 is 4.74 Å². The van der Waals surface area contributed by atoms with Gasteiger partial charge in [0.05, 0.1) is 7.11 Å². The van der Waals surface area contributed by atoms with Crippen molar-refractivity contribution in [2.75, 3.05) is 19.9 Å². The zero-order valence-electron chi connectivity index (χ0n) is 12.4. The molecular formula is C16H25NOS. The van der Waals surface area contributed by atoms with Crippen LogP contribution in [0.1, 0.15) is 38.2 Å². The number of nitrogens with one attached hydrogen (secondary N) is 1.